The third kappa shape index (κ3) is 8.37. The molecule has 1 spiro atoms. The van der Waals surface area contributed by atoms with Gasteiger partial charge >= 0.3 is 6.01 Å². The van der Waals surface area contributed by atoms with Gasteiger partial charge in [-0.15, -0.1) is 0 Å². The first kappa shape index (κ1) is 46.1. The highest BCUT2D eigenvalue weighted by Gasteiger charge is 2.50. The lowest BCUT2D eigenvalue weighted by atomic mass is 9.57. The van der Waals surface area contributed by atoms with Crippen molar-refractivity contribution in [2.45, 2.75) is 88.9 Å². The summed E-state index contributed by atoms with van der Waals surface area (Å²) in [5.74, 6) is -0.995. The molecule has 6 aliphatic heterocycles. The van der Waals surface area contributed by atoms with E-state index >= 15 is 4.39 Å². The fourth-order valence-corrected chi connectivity index (χ4v) is 13.7. The summed E-state index contributed by atoms with van der Waals surface area (Å²) in [6.45, 7) is 10.4. The van der Waals surface area contributed by atoms with Crippen LogP contribution in [0.4, 0.5) is 20.3 Å². The molecule has 2 aliphatic carbocycles. The van der Waals surface area contributed by atoms with Gasteiger partial charge in [-0.2, -0.15) is 9.97 Å². The van der Waals surface area contributed by atoms with Crippen molar-refractivity contribution < 1.29 is 33.0 Å². The second-order valence-electron chi connectivity index (χ2n) is 22.4. The van der Waals surface area contributed by atoms with Crippen molar-refractivity contribution in [3.63, 3.8) is 0 Å². The summed E-state index contributed by atoms with van der Waals surface area (Å²) in [6.07, 6.45) is 11.4. The van der Waals surface area contributed by atoms with Crippen molar-refractivity contribution in [1.29, 1.82) is 0 Å². The molecule has 0 radical (unpaired) electrons. The Kier molecular flexibility index (Phi) is 11.3. The van der Waals surface area contributed by atoms with Crippen molar-refractivity contribution in [3.05, 3.63) is 76.4 Å². The van der Waals surface area contributed by atoms with Gasteiger partial charge in [0.15, 0.2) is 5.82 Å². The summed E-state index contributed by atoms with van der Waals surface area (Å²) in [5.41, 5.74) is 3.25. The number of halogens is 3. The number of ether oxygens (including phenoxy) is 1. The standard InChI is InChI=1S/C54H59ClF2N10O5/c55-45-41(56)6-1-32-20-37(68)21-39(44(32)45)47-46(57)48-40(24-58-47)49(66-27-34-2-3-35(28-66)59-34)62-52(61-48)72-30-54(9-10-54)29-64-13-11-53(12-14-64)22-31(23-53)25-63-15-17-65(18-16-63)36-4-5-38-33(19-36)26-67(51(38)71)42-7-8-43(69)60-50(42)70/h1,4-6,19-21,24,31,34-35,42,59,68H,2-3,7-18,22-23,25-30H2,(H,60,69,70)/t34?,35?,42-/m0/s1. The molecule has 72 heavy (non-hydrogen) atoms. The summed E-state index contributed by atoms with van der Waals surface area (Å²) in [6, 6.07) is 11.7. The monoisotopic (exact) mass is 1000 g/mol. The molecule has 3 aromatic carbocycles. The summed E-state index contributed by atoms with van der Waals surface area (Å²) in [4.78, 5) is 63.2. The van der Waals surface area contributed by atoms with Crippen LogP contribution in [0.1, 0.15) is 80.1 Å². The number of nitrogens with one attached hydrogen (secondary N) is 2. The molecule has 18 heteroatoms. The van der Waals surface area contributed by atoms with E-state index in [-0.39, 0.29) is 68.5 Å². The van der Waals surface area contributed by atoms with Crippen LogP contribution in [-0.2, 0) is 16.1 Å². The summed E-state index contributed by atoms with van der Waals surface area (Å²) < 4.78 is 38.4. The number of pyridine rings is 1. The number of imide groups is 1. The number of rotatable bonds is 11. The molecule has 5 saturated heterocycles. The zero-order valence-electron chi connectivity index (χ0n) is 40.3. The van der Waals surface area contributed by atoms with E-state index in [1.165, 1.54) is 49.9 Å². The minimum atomic E-state index is -0.717. The third-order valence-corrected chi connectivity index (χ3v) is 17.9. The number of hydrogen-bond acceptors (Lipinski definition) is 13. The number of carbonyl (C=O) groups excluding carboxylic acids is 3. The summed E-state index contributed by atoms with van der Waals surface area (Å²) >= 11 is 6.48. The molecule has 376 valence electrons. The fraction of sp³-hybridized carbons (Fsp3) is 0.519. The van der Waals surface area contributed by atoms with Crippen LogP contribution in [0, 0.1) is 28.4 Å². The number of nitrogens with zero attached hydrogens (tertiary/aromatic N) is 8. The lowest BCUT2D eigenvalue weighted by Gasteiger charge is -2.54. The number of likely N-dealkylation sites (tertiary alicyclic amines) is 1. The lowest BCUT2D eigenvalue weighted by Crippen LogP contribution is -2.53. The quantitative estimate of drug-likeness (QED) is 0.121. The molecule has 13 rings (SSSR count). The number of piperazine rings is 2. The first-order chi connectivity index (χ1) is 34.8. The van der Waals surface area contributed by atoms with Crippen molar-refractivity contribution in [2.24, 2.45) is 16.7 Å². The summed E-state index contributed by atoms with van der Waals surface area (Å²) in [7, 11) is 0. The Bertz CT molecular complexity index is 3030. The molecule has 8 aliphatic rings. The van der Waals surface area contributed by atoms with Crippen LogP contribution >= 0.6 is 11.6 Å². The largest absolute Gasteiger partial charge is 0.508 e. The molecule has 15 nitrogen and oxygen atoms in total. The fourth-order valence-electron chi connectivity index (χ4n) is 13.5. The Morgan fingerprint density at radius 2 is 1.62 bits per heavy atom. The predicted molar refractivity (Wildman–Crippen MR) is 268 cm³/mol. The number of carbonyl (C=O) groups is 3. The number of aromatic hydroxyl groups is 1. The van der Waals surface area contributed by atoms with E-state index in [4.69, 9.17) is 26.3 Å². The van der Waals surface area contributed by atoms with E-state index in [1.807, 2.05) is 12.1 Å². The summed E-state index contributed by atoms with van der Waals surface area (Å²) in [5, 5.41) is 17.7. The number of aromatic nitrogens is 3. The Labute approximate surface area is 421 Å². The van der Waals surface area contributed by atoms with Gasteiger partial charge < -0.3 is 34.8 Å². The maximum Gasteiger partial charge on any atom is 0.319 e. The minimum Gasteiger partial charge on any atom is -0.508 e. The lowest BCUT2D eigenvalue weighted by molar-refractivity contribution is -0.136. The van der Waals surface area contributed by atoms with E-state index in [9.17, 15) is 23.9 Å². The molecular weight excluding hydrogens is 942 g/mol. The highest BCUT2D eigenvalue weighted by molar-refractivity contribution is 6.37. The van der Waals surface area contributed by atoms with Gasteiger partial charge in [0.2, 0.25) is 11.8 Å². The Balaban J connectivity index is 0.623. The Morgan fingerprint density at radius 1 is 0.847 bits per heavy atom. The number of phenols is 1. The van der Waals surface area contributed by atoms with Gasteiger partial charge in [0.25, 0.3) is 5.91 Å². The maximum atomic E-state index is 17.1. The number of phenolic OH excluding ortho intramolecular Hbond substituents is 1. The van der Waals surface area contributed by atoms with Crippen LogP contribution in [-0.4, -0.2) is 143 Å². The maximum absolute atomic E-state index is 17.1. The second-order valence-corrected chi connectivity index (χ2v) is 22.8. The Morgan fingerprint density at radius 3 is 2.38 bits per heavy atom. The zero-order chi connectivity index (χ0) is 49.0. The van der Waals surface area contributed by atoms with Crippen LogP contribution in [0.2, 0.25) is 5.02 Å². The second kappa shape index (κ2) is 17.7. The molecule has 8 heterocycles. The van der Waals surface area contributed by atoms with Gasteiger partial charge in [-0.3, -0.25) is 29.6 Å². The van der Waals surface area contributed by atoms with Gasteiger partial charge in [0.1, 0.15) is 34.6 Å². The molecule has 2 aromatic heterocycles. The third-order valence-electron chi connectivity index (χ3n) is 17.6. The smallest absolute Gasteiger partial charge is 0.319 e. The Hall–Kier alpha value is -5.75. The molecule has 3 N–H and O–H groups in total. The molecule has 2 bridgehead atoms. The molecule has 2 unspecified atom stereocenters. The highest BCUT2D eigenvalue weighted by Crippen LogP contribution is 2.54. The SMILES string of the molecule is O=C1CC[C@H](N2Cc3cc(N4CCN(CC5CC6(CCN(CC7(COc8nc(N9CC%10CCC(C9)N%10)c9cnc(-c%10cc(O)cc%11ccc(F)c(Cl)c%10%11)c(F)c9n8)CC7)CC6)C5)CC4)ccc3C2=O)C(=O)N1. The number of anilines is 2. The van der Waals surface area contributed by atoms with Gasteiger partial charge in [-0.1, -0.05) is 17.7 Å². The topological polar surface area (TPSA) is 160 Å². The van der Waals surface area contributed by atoms with Gasteiger partial charge in [0, 0.05) is 111 Å². The molecule has 7 fully saturated rings. The van der Waals surface area contributed by atoms with Crippen molar-refractivity contribution in [3.8, 4) is 23.0 Å². The molecular formula is C54H59ClF2N10O5. The average Bonchev–Trinajstić information content (AvgIpc) is 3.94. The number of hydrogen-bond donors (Lipinski definition) is 3. The first-order valence-electron chi connectivity index (χ1n) is 25.9. The average molecular weight is 1000 g/mol. The number of benzene rings is 3. The predicted octanol–water partition coefficient (Wildman–Crippen LogP) is 6.66. The molecule has 2 saturated carbocycles. The molecule has 5 aromatic rings. The van der Waals surface area contributed by atoms with Gasteiger partial charge in [0.05, 0.1) is 17.0 Å². The molecule has 3 amide bonds. The highest BCUT2D eigenvalue weighted by atomic mass is 35.5. The van der Waals surface area contributed by atoms with Crippen LogP contribution in [0.15, 0.2) is 48.7 Å². The van der Waals surface area contributed by atoms with Crippen LogP contribution in [0.25, 0.3) is 32.9 Å². The van der Waals surface area contributed by atoms with E-state index in [2.05, 4.69) is 41.3 Å². The van der Waals surface area contributed by atoms with Crippen LogP contribution in [0.3, 0.4) is 0 Å². The zero-order valence-corrected chi connectivity index (χ0v) is 41.0. The van der Waals surface area contributed by atoms with Crippen molar-refractivity contribution in [1.82, 2.24) is 40.3 Å². The normalized spacial score (nSPS) is 25.1. The van der Waals surface area contributed by atoms with E-state index in [0.29, 0.717) is 59.2 Å². The minimum absolute atomic E-state index is 0.0158. The number of amides is 3. The van der Waals surface area contributed by atoms with E-state index in [1.54, 1.807) is 11.1 Å². The number of piperidine rings is 2. The first-order valence-corrected chi connectivity index (χ1v) is 26.3. The number of fused-ring (bicyclic) bond motifs is 5. The van der Waals surface area contributed by atoms with E-state index in [0.717, 1.165) is 108 Å². The van der Waals surface area contributed by atoms with E-state index < -0.39 is 17.7 Å². The van der Waals surface area contributed by atoms with Crippen LogP contribution in [0.5, 0.6) is 11.8 Å². The molecule has 3 atom stereocenters. The van der Waals surface area contributed by atoms with Gasteiger partial charge in [-0.05, 0) is 130 Å². The van der Waals surface area contributed by atoms with Gasteiger partial charge in [-0.25, -0.2) is 8.78 Å². The van der Waals surface area contributed by atoms with Crippen molar-refractivity contribution >= 4 is 62.5 Å². The van der Waals surface area contributed by atoms with Crippen LogP contribution < -0.4 is 25.2 Å². The van der Waals surface area contributed by atoms with Crippen molar-refractivity contribution in [2.75, 3.05) is 81.9 Å².